The standard InChI is InChI=1S/C17H21N3O3/c1-12-16(10-18-19-12)17(21)20-6-7-23-15(11-20)9-13-4-3-5-14(8-13)22-2/h3-5,8,10,15H,6-7,9,11H2,1-2H3,(H,18,19). The summed E-state index contributed by atoms with van der Waals surface area (Å²) in [5.41, 5.74) is 2.57. The first-order valence-electron chi connectivity index (χ1n) is 7.71. The Kier molecular flexibility index (Phi) is 4.62. The van der Waals surface area contributed by atoms with Gasteiger partial charge in [-0.2, -0.15) is 5.10 Å². The molecular weight excluding hydrogens is 294 g/mol. The molecule has 0 saturated carbocycles. The highest BCUT2D eigenvalue weighted by Crippen LogP contribution is 2.18. The molecule has 1 saturated heterocycles. The molecule has 1 aromatic heterocycles. The Labute approximate surface area is 135 Å². The van der Waals surface area contributed by atoms with Crippen LogP contribution in [0.15, 0.2) is 30.5 Å². The van der Waals surface area contributed by atoms with E-state index < -0.39 is 0 Å². The molecular formula is C17H21N3O3. The second kappa shape index (κ2) is 6.83. The van der Waals surface area contributed by atoms with Crippen molar-refractivity contribution >= 4 is 5.91 Å². The van der Waals surface area contributed by atoms with Crippen LogP contribution >= 0.6 is 0 Å². The van der Waals surface area contributed by atoms with Crippen molar-refractivity contribution in [1.29, 1.82) is 0 Å². The smallest absolute Gasteiger partial charge is 0.257 e. The SMILES string of the molecule is COc1cccc(CC2CN(C(=O)c3cn[nH]c3C)CCO2)c1. The topological polar surface area (TPSA) is 67.5 Å². The van der Waals surface area contributed by atoms with Gasteiger partial charge in [-0.3, -0.25) is 9.89 Å². The predicted octanol–water partition coefficient (Wildman–Crippen LogP) is 1.81. The number of methoxy groups -OCH3 is 1. The van der Waals surface area contributed by atoms with Gasteiger partial charge in [0, 0.05) is 25.2 Å². The van der Waals surface area contributed by atoms with Crippen LogP contribution in [-0.4, -0.2) is 53.9 Å². The Bertz CT molecular complexity index is 683. The number of nitrogens with one attached hydrogen (secondary N) is 1. The molecule has 1 aromatic carbocycles. The van der Waals surface area contributed by atoms with Crippen LogP contribution in [0.3, 0.4) is 0 Å². The summed E-state index contributed by atoms with van der Waals surface area (Å²) in [6.45, 7) is 3.60. The molecule has 0 radical (unpaired) electrons. The lowest BCUT2D eigenvalue weighted by molar-refractivity contribution is -0.0208. The van der Waals surface area contributed by atoms with E-state index in [1.807, 2.05) is 36.1 Å². The second-order valence-corrected chi connectivity index (χ2v) is 5.71. The summed E-state index contributed by atoms with van der Waals surface area (Å²) in [6.07, 6.45) is 2.34. The number of aryl methyl sites for hydroxylation is 1. The molecule has 23 heavy (non-hydrogen) atoms. The van der Waals surface area contributed by atoms with Gasteiger partial charge in [0.05, 0.1) is 31.6 Å². The Morgan fingerprint density at radius 1 is 1.52 bits per heavy atom. The number of carbonyl (C=O) groups excluding carboxylic acids is 1. The molecule has 0 aliphatic carbocycles. The summed E-state index contributed by atoms with van der Waals surface area (Å²) in [6, 6.07) is 7.94. The minimum Gasteiger partial charge on any atom is -0.497 e. The first kappa shape index (κ1) is 15.6. The van der Waals surface area contributed by atoms with Crippen molar-refractivity contribution in [2.75, 3.05) is 26.8 Å². The zero-order chi connectivity index (χ0) is 16.2. The average Bonchev–Trinajstić information content (AvgIpc) is 3.00. The number of hydrogen-bond donors (Lipinski definition) is 1. The van der Waals surface area contributed by atoms with Gasteiger partial charge in [0.25, 0.3) is 5.91 Å². The monoisotopic (exact) mass is 315 g/mol. The highest BCUT2D eigenvalue weighted by atomic mass is 16.5. The summed E-state index contributed by atoms with van der Waals surface area (Å²) in [4.78, 5) is 14.4. The maximum absolute atomic E-state index is 12.6. The normalized spacial score (nSPS) is 18.0. The molecule has 1 unspecified atom stereocenters. The quantitative estimate of drug-likeness (QED) is 0.934. The number of amides is 1. The van der Waals surface area contributed by atoms with Crippen LogP contribution in [0.4, 0.5) is 0 Å². The number of nitrogens with zero attached hydrogens (tertiary/aromatic N) is 2. The number of hydrogen-bond acceptors (Lipinski definition) is 4. The van der Waals surface area contributed by atoms with E-state index in [2.05, 4.69) is 10.2 Å². The van der Waals surface area contributed by atoms with Crippen molar-refractivity contribution in [3.63, 3.8) is 0 Å². The molecule has 2 aromatic rings. The van der Waals surface area contributed by atoms with Crippen LogP contribution < -0.4 is 4.74 Å². The van der Waals surface area contributed by atoms with E-state index in [1.54, 1.807) is 13.3 Å². The van der Waals surface area contributed by atoms with Gasteiger partial charge in [-0.25, -0.2) is 0 Å². The third kappa shape index (κ3) is 3.53. The zero-order valence-electron chi connectivity index (χ0n) is 13.4. The number of morpholine rings is 1. The lowest BCUT2D eigenvalue weighted by Gasteiger charge is -2.33. The molecule has 3 rings (SSSR count). The number of benzene rings is 1. The van der Waals surface area contributed by atoms with E-state index in [1.165, 1.54) is 0 Å². The number of aromatic amines is 1. The van der Waals surface area contributed by atoms with E-state index in [-0.39, 0.29) is 12.0 Å². The highest BCUT2D eigenvalue weighted by Gasteiger charge is 2.26. The maximum atomic E-state index is 12.6. The summed E-state index contributed by atoms with van der Waals surface area (Å²) >= 11 is 0. The van der Waals surface area contributed by atoms with Gasteiger partial charge in [0.2, 0.25) is 0 Å². The third-order valence-electron chi connectivity index (χ3n) is 4.08. The summed E-state index contributed by atoms with van der Waals surface area (Å²) in [5.74, 6) is 0.843. The van der Waals surface area contributed by atoms with Gasteiger partial charge in [-0.1, -0.05) is 12.1 Å². The first-order valence-corrected chi connectivity index (χ1v) is 7.71. The largest absolute Gasteiger partial charge is 0.497 e. The van der Waals surface area contributed by atoms with Crippen LogP contribution in [0.1, 0.15) is 21.6 Å². The zero-order valence-corrected chi connectivity index (χ0v) is 13.4. The van der Waals surface area contributed by atoms with Crippen molar-refractivity contribution < 1.29 is 14.3 Å². The van der Waals surface area contributed by atoms with Crippen molar-refractivity contribution in [2.45, 2.75) is 19.4 Å². The molecule has 1 aliphatic rings. The lowest BCUT2D eigenvalue weighted by atomic mass is 10.1. The fourth-order valence-corrected chi connectivity index (χ4v) is 2.83. The van der Waals surface area contributed by atoms with E-state index >= 15 is 0 Å². The number of ether oxygens (including phenoxy) is 2. The summed E-state index contributed by atoms with van der Waals surface area (Å²) in [7, 11) is 1.66. The van der Waals surface area contributed by atoms with E-state index in [4.69, 9.17) is 9.47 Å². The van der Waals surface area contributed by atoms with Crippen molar-refractivity contribution in [1.82, 2.24) is 15.1 Å². The molecule has 0 spiro atoms. The molecule has 1 fully saturated rings. The number of aromatic nitrogens is 2. The number of carbonyl (C=O) groups is 1. The molecule has 122 valence electrons. The molecule has 1 amide bonds. The molecule has 6 heteroatoms. The van der Waals surface area contributed by atoms with Crippen LogP contribution in [0.2, 0.25) is 0 Å². The molecule has 1 aliphatic heterocycles. The third-order valence-corrected chi connectivity index (χ3v) is 4.08. The predicted molar refractivity (Wildman–Crippen MR) is 85.7 cm³/mol. The minimum atomic E-state index is -0.00740. The van der Waals surface area contributed by atoms with Gasteiger partial charge in [-0.15, -0.1) is 0 Å². The molecule has 0 bridgehead atoms. The van der Waals surface area contributed by atoms with Gasteiger partial charge in [0.15, 0.2) is 0 Å². The Morgan fingerprint density at radius 3 is 3.13 bits per heavy atom. The Morgan fingerprint density at radius 2 is 2.39 bits per heavy atom. The molecule has 2 heterocycles. The second-order valence-electron chi connectivity index (χ2n) is 5.71. The maximum Gasteiger partial charge on any atom is 0.257 e. The van der Waals surface area contributed by atoms with E-state index in [9.17, 15) is 4.79 Å². The average molecular weight is 315 g/mol. The fourth-order valence-electron chi connectivity index (χ4n) is 2.83. The Hall–Kier alpha value is -2.34. The van der Waals surface area contributed by atoms with Crippen LogP contribution in [0.25, 0.3) is 0 Å². The summed E-state index contributed by atoms with van der Waals surface area (Å²) in [5, 5.41) is 6.74. The lowest BCUT2D eigenvalue weighted by Crippen LogP contribution is -2.46. The number of H-pyrrole nitrogens is 1. The minimum absolute atomic E-state index is 0.00740. The summed E-state index contributed by atoms with van der Waals surface area (Å²) < 4.78 is 11.1. The van der Waals surface area contributed by atoms with Crippen molar-refractivity contribution in [3.05, 3.63) is 47.3 Å². The molecule has 1 atom stereocenters. The van der Waals surface area contributed by atoms with Crippen molar-refractivity contribution in [2.24, 2.45) is 0 Å². The van der Waals surface area contributed by atoms with Crippen LogP contribution in [-0.2, 0) is 11.2 Å². The van der Waals surface area contributed by atoms with Crippen LogP contribution in [0.5, 0.6) is 5.75 Å². The van der Waals surface area contributed by atoms with Gasteiger partial charge >= 0.3 is 0 Å². The van der Waals surface area contributed by atoms with Gasteiger partial charge < -0.3 is 14.4 Å². The van der Waals surface area contributed by atoms with Crippen molar-refractivity contribution in [3.8, 4) is 5.75 Å². The first-order chi connectivity index (χ1) is 11.2. The fraction of sp³-hybridized carbons (Fsp3) is 0.412. The molecule has 6 nitrogen and oxygen atoms in total. The van der Waals surface area contributed by atoms with E-state index in [0.29, 0.717) is 25.3 Å². The van der Waals surface area contributed by atoms with Gasteiger partial charge in [0.1, 0.15) is 5.75 Å². The number of rotatable bonds is 4. The Balaban J connectivity index is 1.66. The van der Waals surface area contributed by atoms with Gasteiger partial charge in [-0.05, 0) is 24.6 Å². The molecule has 1 N–H and O–H groups in total. The van der Waals surface area contributed by atoms with Crippen LogP contribution in [0, 0.1) is 6.92 Å². The highest BCUT2D eigenvalue weighted by molar-refractivity contribution is 5.95. The van der Waals surface area contributed by atoms with E-state index in [0.717, 1.165) is 23.4 Å².